The largest absolute Gasteiger partial charge is 0.464 e. The smallest absolute Gasteiger partial charge is 0.192 e. The van der Waals surface area contributed by atoms with Gasteiger partial charge in [-0.1, -0.05) is 24.3 Å². The van der Waals surface area contributed by atoms with E-state index in [4.69, 9.17) is 18.9 Å². The van der Waals surface area contributed by atoms with Crippen molar-refractivity contribution in [1.29, 1.82) is 0 Å². The molecule has 0 aliphatic carbocycles. The van der Waals surface area contributed by atoms with Crippen molar-refractivity contribution in [3.05, 3.63) is 59.0 Å². The van der Waals surface area contributed by atoms with Crippen LogP contribution >= 0.6 is 0 Å². The third kappa shape index (κ3) is 6.91. The first kappa shape index (κ1) is 21.4. The van der Waals surface area contributed by atoms with Crippen LogP contribution in [0.25, 0.3) is 0 Å². The van der Waals surface area contributed by atoms with Gasteiger partial charge in [-0.15, -0.1) is 0 Å². The lowest BCUT2D eigenvalue weighted by Gasteiger charge is -2.22. The lowest BCUT2D eigenvalue weighted by atomic mass is 10.1. The van der Waals surface area contributed by atoms with E-state index in [-0.39, 0.29) is 6.04 Å². The van der Waals surface area contributed by atoms with E-state index in [1.807, 2.05) is 19.1 Å². The quantitative estimate of drug-likeness (QED) is 0.517. The van der Waals surface area contributed by atoms with Crippen molar-refractivity contribution in [3.8, 4) is 0 Å². The summed E-state index contributed by atoms with van der Waals surface area (Å²) < 4.78 is 17.1. The van der Waals surface area contributed by atoms with Crippen molar-refractivity contribution in [2.45, 2.75) is 58.9 Å². The number of rotatable bonds is 8. The Hall–Kier alpha value is -2.31. The molecular formula is C23H33N3O3. The number of hydrogen-bond donors (Lipinski definition) is 2. The Morgan fingerprint density at radius 3 is 2.72 bits per heavy atom. The van der Waals surface area contributed by atoms with E-state index in [9.17, 15) is 0 Å². The second kappa shape index (κ2) is 11.0. The first-order valence-electron chi connectivity index (χ1n) is 10.5. The number of ether oxygens (including phenoxy) is 2. The zero-order chi connectivity index (χ0) is 20.5. The average Bonchev–Trinajstić information content (AvgIpc) is 3.18. The molecule has 1 saturated heterocycles. The summed E-state index contributed by atoms with van der Waals surface area (Å²) in [5.74, 6) is 2.59. The van der Waals surface area contributed by atoms with E-state index in [2.05, 4.69) is 48.7 Å². The molecule has 6 heteroatoms. The van der Waals surface area contributed by atoms with Gasteiger partial charge < -0.3 is 24.5 Å². The summed E-state index contributed by atoms with van der Waals surface area (Å²) in [6, 6.07) is 12.5. The number of guanidine groups is 1. The monoisotopic (exact) mass is 399 g/mol. The van der Waals surface area contributed by atoms with Crippen molar-refractivity contribution in [1.82, 2.24) is 10.6 Å². The molecule has 1 aromatic carbocycles. The fraction of sp³-hybridized carbons (Fsp3) is 0.522. The molecule has 2 N–H and O–H groups in total. The van der Waals surface area contributed by atoms with Crippen molar-refractivity contribution in [2.75, 3.05) is 19.8 Å². The van der Waals surface area contributed by atoms with Gasteiger partial charge in [-0.2, -0.15) is 0 Å². The standard InChI is InChI=1S/C23H33N3O3/c1-4-24-23(26-18(3)22-9-8-17(2)29-22)25-15-19-6-5-7-20(14-19)16-28-21-10-12-27-13-11-21/h5-9,14,18,21H,4,10-13,15-16H2,1-3H3,(H2,24,25,26). The molecule has 1 fully saturated rings. The van der Waals surface area contributed by atoms with E-state index in [1.54, 1.807) is 0 Å². The maximum atomic E-state index is 6.04. The topological polar surface area (TPSA) is 68.0 Å². The molecule has 1 aliphatic heterocycles. The maximum Gasteiger partial charge on any atom is 0.192 e. The van der Waals surface area contributed by atoms with Crippen molar-refractivity contribution in [2.24, 2.45) is 4.99 Å². The molecule has 0 bridgehead atoms. The Balaban J connectivity index is 1.56. The summed E-state index contributed by atoms with van der Waals surface area (Å²) in [6.45, 7) is 9.72. The summed E-state index contributed by atoms with van der Waals surface area (Å²) in [4.78, 5) is 4.74. The van der Waals surface area contributed by atoms with Crippen LogP contribution in [-0.2, 0) is 22.6 Å². The summed E-state index contributed by atoms with van der Waals surface area (Å²) in [6.07, 6.45) is 2.27. The van der Waals surface area contributed by atoms with Crippen LogP contribution in [0.3, 0.4) is 0 Å². The average molecular weight is 400 g/mol. The molecule has 6 nitrogen and oxygen atoms in total. The third-order valence-electron chi connectivity index (χ3n) is 4.95. The molecule has 0 radical (unpaired) electrons. The first-order valence-corrected chi connectivity index (χ1v) is 10.5. The molecular weight excluding hydrogens is 366 g/mol. The molecule has 0 saturated carbocycles. The van der Waals surface area contributed by atoms with Gasteiger partial charge in [0.1, 0.15) is 11.5 Å². The van der Waals surface area contributed by atoms with Crippen LogP contribution in [0.5, 0.6) is 0 Å². The van der Waals surface area contributed by atoms with Crippen LogP contribution in [-0.4, -0.2) is 31.8 Å². The van der Waals surface area contributed by atoms with Gasteiger partial charge in [0.05, 0.1) is 25.3 Å². The highest BCUT2D eigenvalue weighted by Gasteiger charge is 2.14. The summed E-state index contributed by atoms with van der Waals surface area (Å²) in [7, 11) is 0. The fourth-order valence-corrected chi connectivity index (χ4v) is 3.33. The molecule has 29 heavy (non-hydrogen) atoms. The number of benzene rings is 1. The van der Waals surface area contributed by atoms with Crippen LogP contribution in [0.1, 0.15) is 55.4 Å². The van der Waals surface area contributed by atoms with Gasteiger partial charge in [-0.05, 0) is 56.9 Å². The van der Waals surface area contributed by atoms with Gasteiger partial charge in [0, 0.05) is 19.8 Å². The van der Waals surface area contributed by atoms with Crippen LogP contribution in [0, 0.1) is 6.92 Å². The molecule has 2 heterocycles. The zero-order valence-electron chi connectivity index (χ0n) is 17.7. The summed E-state index contributed by atoms with van der Waals surface area (Å²) in [5, 5.41) is 6.71. The summed E-state index contributed by atoms with van der Waals surface area (Å²) in [5.41, 5.74) is 2.35. The highest BCUT2D eigenvalue weighted by Crippen LogP contribution is 2.16. The van der Waals surface area contributed by atoms with E-state index >= 15 is 0 Å². The van der Waals surface area contributed by atoms with E-state index in [0.717, 1.165) is 55.6 Å². The van der Waals surface area contributed by atoms with Crippen LogP contribution in [0.4, 0.5) is 0 Å². The van der Waals surface area contributed by atoms with Gasteiger partial charge in [0.2, 0.25) is 0 Å². The van der Waals surface area contributed by atoms with Gasteiger partial charge in [-0.3, -0.25) is 0 Å². The van der Waals surface area contributed by atoms with E-state index < -0.39 is 0 Å². The second-order valence-corrected chi connectivity index (χ2v) is 7.45. The molecule has 1 atom stereocenters. The lowest BCUT2D eigenvalue weighted by Crippen LogP contribution is -2.38. The second-order valence-electron chi connectivity index (χ2n) is 7.45. The third-order valence-corrected chi connectivity index (χ3v) is 4.95. The SMILES string of the molecule is CCNC(=NCc1cccc(COC2CCOCC2)c1)NC(C)c1ccc(C)o1. The maximum absolute atomic E-state index is 6.04. The Bertz CT molecular complexity index is 781. The van der Waals surface area contributed by atoms with E-state index in [0.29, 0.717) is 19.3 Å². The molecule has 3 rings (SSSR count). The zero-order valence-corrected chi connectivity index (χ0v) is 17.7. The first-order chi connectivity index (χ1) is 14.1. The lowest BCUT2D eigenvalue weighted by molar-refractivity contribution is -0.0390. The fourth-order valence-electron chi connectivity index (χ4n) is 3.33. The number of nitrogens with one attached hydrogen (secondary N) is 2. The number of aliphatic imine (C=N–C) groups is 1. The van der Waals surface area contributed by atoms with Gasteiger partial charge >= 0.3 is 0 Å². The Labute approximate surface area is 173 Å². The van der Waals surface area contributed by atoms with Crippen LogP contribution in [0.15, 0.2) is 45.8 Å². The molecule has 2 aromatic rings. The van der Waals surface area contributed by atoms with Crippen molar-refractivity contribution < 1.29 is 13.9 Å². The minimum Gasteiger partial charge on any atom is -0.464 e. The molecule has 1 unspecified atom stereocenters. The molecule has 1 aromatic heterocycles. The minimum absolute atomic E-state index is 0.0423. The molecule has 1 aliphatic rings. The molecule has 0 spiro atoms. The number of aryl methyl sites for hydroxylation is 1. The highest BCUT2D eigenvalue weighted by molar-refractivity contribution is 5.80. The number of furan rings is 1. The number of hydrogen-bond acceptors (Lipinski definition) is 4. The Kier molecular flexibility index (Phi) is 8.14. The molecule has 0 amide bonds. The van der Waals surface area contributed by atoms with Crippen LogP contribution in [0.2, 0.25) is 0 Å². The predicted octanol–water partition coefficient (Wildman–Crippen LogP) is 4.10. The number of nitrogens with zero attached hydrogens (tertiary/aromatic N) is 1. The predicted molar refractivity (Wildman–Crippen MR) is 115 cm³/mol. The van der Waals surface area contributed by atoms with Gasteiger partial charge in [0.15, 0.2) is 5.96 Å². The molecule has 158 valence electrons. The van der Waals surface area contributed by atoms with Gasteiger partial charge in [0.25, 0.3) is 0 Å². The van der Waals surface area contributed by atoms with Crippen molar-refractivity contribution >= 4 is 5.96 Å². The van der Waals surface area contributed by atoms with Crippen molar-refractivity contribution in [3.63, 3.8) is 0 Å². The Morgan fingerprint density at radius 2 is 2.00 bits per heavy atom. The normalized spacial score (nSPS) is 16.6. The summed E-state index contributed by atoms with van der Waals surface area (Å²) >= 11 is 0. The highest BCUT2D eigenvalue weighted by atomic mass is 16.5. The minimum atomic E-state index is 0.0423. The van der Waals surface area contributed by atoms with Crippen LogP contribution < -0.4 is 10.6 Å². The van der Waals surface area contributed by atoms with E-state index in [1.165, 1.54) is 5.56 Å². The Morgan fingerprint density at radius 1 is 1.21 bits per heavy atom. The van der Waals surface area contributed by atoms with Gasteiger partial charge in [-0.25, -0.2) is 4.99 Å².